The number of ketones is 1. The second kappa shape index (κ2) is 8.60. The summed E-state index contributed by atoms with van der Waals surface area (Å²) in [4.78, 5) is 26.6. The highest BCUT2D eigenvalue weighted by Crippen LogP contribution is 2.15. The number of Topliss-reactive ketones (excluding diaryl/α,β-unsaturated/α-hetero) is 1. The molecule has 3 aromatic rings. The number of amides is 1. The van der Waals surface area contributed by atoms with Crippen molar-refractivity contribution in [2.45, 2.75) is 20.0 Å². The summed E-state index contributed by atoms with van der Waals surface area (Å²) < 4.78 is 5.44. The Bertz CT molecular complexity index is 821. The standard InChI is InChI=1S/C20H20N2O3S/c1-15(23)18-8-2-3-9-19(18)21-20(24)14-22(12-16-6-4-10-25-16)13-17-7-5-11-26-17/h2-11H,12-14H2,1H3,(H,21,24)/p+1. The first kappa shape index (κ1) is 18.1. The fourth-order valence-corrected chi connectivity index (χ4v) is 3.60. The van der Waals surface area contributed by atoms with Gasteiger partial charge in [0.1, 0.15) is 13.1 Å². The lowest BCUT2D eigenvalue weighted by molar-refractivity contribution is -0.920. The monoisotopic (exact) mass is 369 g/mol. The zero-order valence-electron chi connectivity index (χ0n) is 14.5. The van der Waals surface area contributed by atoms with Crippen LogP contribution in [0.4, 0.5) is 5.69 Å². The van der Waals surface area contributed by atoms with Gasteiger partial charge in [0, 0.05) is 5.56 Å². The quantitative estimate of drug-likeness (QED) is 0.600. The van der Waals surface area contributed by atoms with Gasteiger partial charge in [-0.2, -0.15) is 0 Å². The normalized spacial score (nSPS) is 11.9. The van der Waals surface area contributed by atoms with Gasteiger partial charge in [0.25, 0.3) is 5.91 Å². The molecule has 0 saturated heterocycles. The van der Waals surface area contributed by atoms with E-state index < -0.39 is 0 Å². The lowest BCUT2D eigenvalue weighted by Crippen LogP contribution is -3.10. The van der Waals surface area contributed by atoms with E-state index in [1.807, 2.05) is 23.6 Å². The summed E-state index contributed by atoms with van der Waals surface area (Å²) in [6.07, 6.45) is 1.64. The van der Waals surface area contributed by atoms with Gasteiger partial charge in [-0.1, -0.05) is 18.2 Å². The van der Waals surface area contributed by atoms with Gasteiger partial charge in [-0.15, -0.1) is 11.3 Å². The predicted octanol–water partition coefficient (Wildman–Crippen LogP) is 2.77. The Morgan fingerprint density at radius 3 is 2.62 bits per heavy atom. The van der Waals surface area contributed by atoms with Crippen molar-refractivity contribution in [2.24, 2.45) is 0 Å². The summed E-state index contributed by atoms with van der Waals surface area (Å²) >= 11 is 1.67. The minimum atomic E-state index is -0.128. The molecule has 0 saturated carbocycles. The van der Waals surface area contributed by atoms with Crippen LogP contribution in [0.25, 0.3) is 0 Å². The van der Waals surface area contributed by atoms with Crippen LogP contribution in [0, 0.1) is 0 Å². The Morgan fingerprint density at radius 1 is 1.08 bits per heavy atom. The molecule has 26 heavy (non-hydrogen) atoms. The van der Waals surface area contributed by atoms with Crippen LogP contribution in [0.2, 0.25) is 0 Å². The van der Waals surface area contributed by atoms with Gasteiger partial charge >= 0.3 is 0 Å². The highest BCUT2D eigenvalue weighted by atomic mass is 32.1. The van der Waals surface area contributed by atoms with E-state index >= 15 is 0 Å². The molecule has 5 nitrogen and oxygen atoms in total. The maximum Gasteiger partial charge on any atom is 0.279 e. The molecule has 134 valence electrons. The van der Waals surface area contributed by atoms with Gasteiger partial charge < -0.3 is 14.6 Å². The first-order chi connectivity index (χ1) is 12.6. The van der Waals surface area contributed by atoms with Crippen LogP contribution >= 0.6 is 11.3 Å². The molecular formula is C20H21N2O3S+. The third-order valence-corrected chi connectivity index (χ3v) is 4.88. The zero-order valence-corrected chi connectivity index (χ0v) is 15.3. The van der Waals surface area contributed by atoms with Gasteiger partial charge in [-0.25, -0.2) is 0 Å². The molecule has 6 heteroatoms. The molecule has 0 radical (unpaired) electrons. The van der Waals surface area contributed by atoms with Crippen LogP contribution in [0.1, 0.15) is 27.9 Å². The maximum absolute atomic E-state index is 12.6. The minimum Gasteiger partial charge on any atom is -0.463 e. The molecule has 2 heterocycles. The van der Waals surface area contributed by atoms with E-state index in [1.54, 1.807) is 41.9 Å². The third-order valence-electron chi connectivity index (χ3n) is 4.00. The zero-order chi connectivity index (χ0) is 18.4. The topological polar surface area (TPSA) is 63.8 Å². The molecule has 0 aliphatic heterocycles. The smallest absolute Gasteiger partial charge is 0.279 e. The molecule has 1 atom stereocenters. The summed E-state index contributed by atoms with van der Waals surface area (Å²) in [6, 6.07) is 14.9. The Kier molecular flexibility index (Phi) is 5.99. The summed E-state index contributed by atoms with van der Waals surface area (Å²) in [5.41, 5.74) is 1.07. The number of thiophene rings is 1. The molecule has 0 bridgehead atoms. The number of benzene rings is 1. The molecule has 0 fully saturated rings. The third kappa shape index (κ3) is 4.91. The van der Waals surface area contributed by atoms with Gasteiger partial charge in [-0.3, -0.25) is 9.59 Å². The number of quaternary nitrogens is 1. The molecule has 1 aromatic carbocycles. The molecule has 3 rings (SSSR count). The number of anilines is 1. The van der Waals surface area contributed by atoms with E-state index in [1.165, 1.54) is 11.8 Å². The molecular weight excluding hydrogens is 348 g/mol. The van der Waals surface area contributed by atoms with Crippen LogP contribution in [0.15, 0.2) is 64.6 Å². The van der Waals surface area contributed by atoms with Crippen molar-refractivity contribution in [1.82, 2.24) is 0 Å². The Balaban J connectivity index is 1.69. The lowest BCUT2D eigenvalue weighted by atomic mass is 10.1. The number of carbonyl (C=O) groups excluding carboxylic acids is 2. The Labute approximate surface area is 156 Å². The van der Waals surface area contributed by atoms with Gasteiger partial charge in [0.2, 0.25) is 0 Å². The Hall–Kier alpha value is -2.70. The van der Waals surface area contributed by atoms with E-state index in [0.717, 1.165) is 17.2 Å². The summed E-state index contributed by atoms with van der Waals surface area (Å²) in [5.74, 6) is 0.643. The fourth-order valence-electron chi connectivity index (χ4n) is 2.83. The van der Waals surface area contributed by atoms with Crippen molar-refractivity contribution in [3.8, 4) is 0 Å². The van der Waals surface area contributed by atoms with Crippen molar-refractivity contribution in [3.63, 3.8) is 0 Å². The largest absolute Gasteiger partial charge is 0.463 e. The molecule has 0 aliphatic rings. The second-order valence-corrected chi connectivity index (χ2v) is 7.12. The van der Waals surface area contributed by atoms with Crippen LogP contribution in [0.3, 0.4) is 0 Å². The van der Waals surface area contributed by atoms with Gasteiger partial charge in [-0.05, 0) is 42.6 Å². The van der Waals surface area contributed by atoms with Gasteiger partial charge in [0.05, 0.1) is 16.8 Å². The maximum atomic E-state index is 12.6. The number of para-hydroxylation sites is 1. The van der Waals surface area contributed by atoms with E-state index in [-0.39, 0.29) is 18.2 Å². The number of rotatable bonds is 8. The summed E-state index contributed by atoms with van der Waals surface area (Å²) in [5, 5.41) is 4.90. The summed E-state index contributed by atoms with van der Waals surface area (Å²) in [6.45, 7) is 3.13. The summed E-state index contributed by atoms with van der Waals surface area (Å²) in [7, 11) is 0. The van der Waals surface area contributed by atoms with Crippen LogP contribution in [0.5, 0.6) is 0 Å². The molecule has 2 aromatic heterocycles. The van der Waals surface area contributed by atoms with Crippen molar-refractivity contribution in [2.75, 3.05) is 11.9 Å². The molecule has 2 N–H and O–H groups in total. The van der Waals surface area contributed by atoms with Crippen molar-refractivity contribution < 1.29 is 18.9 Å². The van der Waals surface area contributed by atoms with E-state index in [9.17, 15) is 9.59 Å². The van der Waals surface area contributed by atoms with E-state index in [2.05, 4.69) is 11.4 Å². The number of hydrogen-bond donors (Lipinski definition) is 2. The number of carbonyl (C=O) groups is 2. The average Bonchev–Trinajstić information content (AvgIpc) is 3.29. The number of furan rings is 1. The highest BCUT2D eigenvalue weighted by Gasteiger charge is 2.19. The lowest BCUT2D eigenvalue weighted by Gasteiger charge is -2.18. The van der Waals surface area contributed by atoms with E-state index in [0.29, 0.717) is 17.8 Å². The molecule has 0 spiro atoms. The highest BCUT2D eigenvalue weighted by molar-refractivity contribution is 7.09. The first-order valence-electron chi connectivity index (χ1n) is 8.40. The fraction of sp³-hybridized carbons (Fsp3) is 0.200. The van der Waals surface area contributed by atoms with Crippen molar-refractivity contribution >= 4 is 28.7 Å². The van der Waals surface area contributed by atoms with E-state index in [4.69, 9.17) is 4.42 Å². The predicted molar refractivity (Wildman–Crippen MR) is 101 cm³/mol. The molecule has 0 aliphatic carbocycles. The number of nitrogens with one attached hydrogen (secondary N) is 2. The van der Waals surface area contributed by atoms with Crippen LogP contribution in [-0.2, 0) is 17.9 Å². The second-order valence-electron chi connectivity index (χ2n) is 6.09. The van der Waals surface area contributed by atoms with Crippen molar-refractivity contribution in [3.05, 3.63) is 76.4 Å². The first-order valence-corrected chi connectivity index (χ1v) is 9.28. The SMILES string of the molecule is CC(=O)c1ccccc1NC(=O)C[NH+](Cc1ccco1)Cc1cccs1. The van der Waals surface area contributed by atoms with Gasteiger partial charge in [0.15, 0.2) is 18.1 Å². The molecule has 1 amide bonds. The Morgan fingerprint density at radius 2 is 1.92 bits per heavy atom. The van der Waals surface area contributed by atoms with Crippen LogP contribution < -0.4 is 10.2 Å². The van der Waals surface area contributed by atoms with Crippen LogP contribution in [-0.4, -0.2) is 18.2 Å². The molecule has 1 unspecified atom stereocenters. The average molecular weight is 369 g/mol. The number of hydrogen-bond acceptors (Lipinski definition) is 4. The van der Waals surface area contributed by atoms with Crippen molar-refractivity contribution in [1.29, 1.82) is 0 Å². The minimum absolute atomic E-state index is 0.0701.